The maximum absolute atomic E-state index is 11.3. The van der Waals surface area contributed by atoms with Crippen molar-refractivity contribution in [3.63, 3.8) is 0 Å². The number of nitrogens with one attached hydrogen (secondary N) is 3. The molecular formula is C9H11IN5O3-. The van der Waals surface area contributed by atoms with Crippen molar-refractivity contribution in [2.24, 2.45) is 3.21 Å². The number of halogens is 1. The summed E-state index contributed by atoms with van der Waals surface area (Å²) in [6.45, 7) is 1.67. The maximum atomic E-state index is 11.3. The third-order valence-electron chi connectivity index (χ3n) is 1.70. The van der Waals surface area contributed by atoms with Crippen LogP contribution in [0.2, 0.25) is 0 Å². The Balaban J connectivity index is 2.37. The fourth-order valence-electron chi connectivity index (χ4n) is 1.05. The molecule has 0 aliphatic carbocycles. The summed E-state index contributed by atoms with van der Waals surface area (Å²) in [7, 11) is 0. The number of aromatic nitrogens is 2. The van der Waals surface area contributed by atoms with Crippen LogP contribution in [-0.2, 0) is 9.59 Å². The molecular weight excluding hydrogens is 353 g/mol. The van der Waals surface area contributed by atoms with Crippen molar-refractivity contribution >= 4 is 17.9 Å². The average Bonchev–Trinajstić information content (AvgIpc) is 2.31. The van der Waals surface area contributed by atoms with Crippen LogP contribution in [0, 0.1) is 6.92 Å². The van der Waals surface area contributed by atoms with Crippen molar-refractivity contribution in [2.75, 3.05) is 16.4 Å². The van der Waals surface area contributed by atoms with Crippen LogP contribution in [0.4, 0.5) is 5.95 Å². The van der Waals surface area contributed by atoms with E-state index in [9.17, 15) is 14.4 Å². The number of rotatable bonds is 6. The van der Waals surface area contributed by atoms with Crippen molar-refractivity contribution < 1.29 is 31.1 Å². The van der Waals surface area contributed by atoms with Gasteiger partial charge in [0, 0.05) is 0 Å². The second-order valence-electron chi connectivity index (χ2n) is 3.12. The van der Waals surface area contributed by atoms with Gasteiger partial charge in [0.05, 0.1) is 0 Å². The molecule has 18 heavy (non-hydrogen) atoms. The van der Waals surface area contributed by atoms with Gasteiger partial charge < -0.3 is 0 Å². The van der Waals surface area contributed by atoms with Crippen LogP contribution in [0.25, 0.3) is 0 Å². The molecule has 0 bridgehead atoms. The summed E-state index contributed by atoms with van der Waals surface area (Å²) in [5, 5.41) is 5.26. The van der Waals surface area contributed by atoms with Gasteiger partial charge in [-0.05, 0) is 0 Å². The number of carbonyl (C=O) groups is 1. The summed E-state index contributed by atoms with van der Waals surface area (Å²) in [4.78, 5) is 38.7. The fraction of sp³-hybridized carbons (Fsp3) is 0.333. The van der Waals surface area contributed by atoms with E-state index in [2.05, 4.69) is 23.8 Å². The number of H-pyrrole nitrogens is 1. The van der Waals surface area contributed by atoms with Gasteiger partial charge >= 0.3 is 113 Å². The number of hydrogen-bond acceptors (Lipinski definition) is 6. The van der Waals surface area contributed by atoms with Gasteiger partial charge in [0.2, 0.25) is 0 Å². The predicted octanol–water partition coefficient (Wildman–Crippen LogP) is -4.10. The molecule has 0 unspecified atom stereocenters. The summed E-state index contributed by atoms with van der Waals surface area (Å²) < 4.78 is 3.76. The Morgan fingerprint density at radius 2 is 2.44 bits per heavy atom. The van der Waals surface area contributed by atoms with Crippen molar-refractivity contribution in [1.82, 2.24) is 15.3 Å². The molecule has 8 nitrogen and oxygen atoms in total. The molecule has 0 aliphatic rings. The van der Waals surface area contributed by atoms with Gasteiger partial charge in [-0.1, -0.05) is 0 Å². The molecule has 1 heterocycles. The van der Waals surface area contributed by atoms with E-state index in [1.54, 1.807) is 6.92 Å². The first kappa shape index (κ1) is 14.3. The SMILES string of the molecule is Cc1cc(=O)[nH]c(NCC(=O)NC[I-]N=C=O)n1. The normalized spacial score (nSPS) is 9.61. The molecule has 98 valence electrons. The van der Waals surface area contributed by atoms with E-state index >= 15 is 0 Å². The van der Waals surface area contributed by atoms with E-state index in [-0.39, 0.29) is 24.0 Å². The van der Waals surface area contributed by atoms with Crippen LogP contribution in [0.3, 0.4) is 0 Å². The standard InChI is InChI=1S/C9H11IN5O3/c1-6-2-7(17)15-9(14-6)11-3-8(18)12-4-10-13-5-16/h2H,3-4H2,1H3,(H,12,18)(H2,11,14,15,17)/q-1. The zero-order valence-corrected chi connectivity index (χ0v) is 11.6. The van der Waals surface area contributed by atoms with Gasteiger partial charge in [-0.2, -0.15) is 0 Å². The number of amides is 1. The quantitative estimate of drug-likeness (QED) is 0.119. The molecule has 0 saturated carbocycles. The Hall–Kier alpha value is -1.74. The van der Waals surface area contributed by atoms with Crippen molar-refractivity contribution in [3.05, 3.63) is 22.1 Å². The number of isocyanates is 1. The van der Waals surface area contributed by atoms with E-state index < -0.39 is 21.5 Å². The van der Waals surface area contributed by atoms with Gasteiger partial charge in [0.25, 0.3) is 0 Å². The third kappa shape index (κ3) is 5.55. The molecule has 0 spiro atoms. The second kappa shape index (κ2) is 7.56. The van der Waals surface area contributed by atoms with Gasteiger partial charge in [-0.3, -0.25) is 0 Å². The van der Waals surface area contributed by atoms with Crippen molar-refractivity contribution in [1.29, 1.82) is 0 Å². The number of hydrogen-bond donors (Lipinski definition) is 3. The molecule has 1 rings (SSSR count). The molecule has 1 aromatic heterocycles. The number of aromatic amines is 1. The first-order valence-electron chi connectivity index (χ1n) is 4.86. The average molecular weight is 364 g/mol. The van der Waals surface area contributed by atoms with Crippen LogP contribution < -0.4 is 37.7 Å². The third-order valence-corrected chi connectivity index (χ3v) is 2.96. The molecule has 1 aromatic rings. The summed E-state index contributed by atoms with van der Waals surface area (Å²) in [5.41, 5.74) is 0.282. The van der Waals surface area contributed by atoms with Crippen LogP contribution in [0.5, 0.6) is 0 Å². The summed E-state index contributed by atoms with van der Waals surface area (Å²) in [5.74, 6) is -0.0179. The van der Waals surface area contributed by atoms with Gasteiger partial charge in [0.15, 0.2) is 0 Å². The minimum atomic E-state index is -0.718. The van der Waals surface area contributed by atoms with Gasteiger partial charge in [-0.25, -0.2) is 0 Å². The van der Waals surface area contributed by atoms with Crippen LogP contribution in [0.15, 0.2) is 14.1 Å². The number of nitrogens with zero attached hydrogens (tertiary/aromatic N) is 2. The van der Waals surface area contributed by atoms with Crippen molar-refractivity contribution in [2.45, 2.75) is 6.92 Å². The summed E-state index contributed by atoms with van der Waals surface area (Å²) in [6.07, 6.45) is 1.42. The Morgan fingerprint density at radius 1 is 1.67 bits per heavy atom. The molecule has 0 saturated heterocycles. The molecule has 0 aliphatic heterocycles. The van der Waals surface area contributed by atoms with E-state index in [1.807, 2.05) is 0 Å². The molecule has 0 atom stereocenters. The Bertz CT molecular complexity index is 523. The van der Waals surface area contributed by atoms with Crippen LogP contribution >= 0.6 is 0 Å². The van der Waals surface area contributed by atoms with Crippen molar-refractivity contribution in [3.8, 4) is 0 Å². The monoisotopic (exact) mass is 364 g/mol. The first-order valence-corrected chi connectivity index (χ1v) is 7.35. The topological polar surface area (TPSA) is 116 Å². The van der Waals surface area contributed by atoms with E-state index in [1.165, 1.54) is 12.1 Å². The number of alkyl halides is 1. The second-order valence-corrected chi connectivity index (χ2v) is 5.05. The summed E-state index contributed by atoms with van der Waals surface area (Å²) in [6, 6.07) is 1.35. The number of anilines is 1. The van der Waals surface area contributed by atoms with E-state index in [0.29, 0.717) is 10.2 Å². The molecule has 0 radical (unpaired) electrons. The minimum absolute atomic E-state index is 0.0130. The van der Waals surface area contributed by atoms with Crippen LogP contribution in [0.1, 0.15) is 5.69 Å². The molecule has 9 heteroatoms. The molecule has 3 N–H and O–H groups in total. The van der Waals surface area contributed by atoms with Crippen LogP contribution in [-0.4, -0.2) is 33.1 Å². The summed E-state index contributed by atoms with van der Waals surface area (Å²) >= 11 is -0.718. The first-order chi connectivity index (χ1) is 8.61. The molecule has 1 amide bonds. The Morgan fingerprint density at radius 3 is 3.11 bits per heavy atom. The zero-order chi connectivity index (χ0) is 13.4. The number of aryl methyl sites for hydroxylation is 1. The zero-order valence-electron chi connectivity index (χ0n) is 9.49. The Labute approximate surface area is 113 Å². The molecule has 0 fully saturated rings. The van der Waals surface area contributed by atoms with Gasteiger partial charge in [-0.15, -0.1) is 0 Å². The Kier molecular flexibility index (Phi) is 6.01. The van der Waals surface area contributed by atoms with E-state index in [4.69, 9.17) is 0 Å². The molecule has 0 aromatic carbocycles. The predicted molar refractivity (Wildman–Crippen MR) is 59.2 cm³/mol. The van der Waals surface area contributed by atoms with E-state index in [0.717, 1.165) is 0 Å². The number of carbonyl (C=O) groups excluding carboxylic acids is 2. The fourth-order valence-corrected chi connectivity index (χ4v) is 1.95. The van der Waals surface area contributed by atoms with Gasteiger partial charge in [0.1, 0.15) is 0 Å².